The van der Waals surface area contributed by atoms with Crippen molar-refractivity contribution in [3.8, 4) is 0 Å². The van der Waals surface area contributed by atoms with Gasteiger partial charge in [-0.05, 0) is 25.8 Å². The lowest BCUT2D eigenvalue weighted by Crippen LogP contribution is -2.52. The van der Waals surface area contributed by atoms with E-state index in [0.29, 0.717) is 25.2 Å². The first-order valence-electron chi connectivity index (χ1n) is 6.64. The molecule has 5 heteroatoms. The largest absolute Gasteiger partial charge is 0.497 e. The molecule has 19 heavy (non-hydrogen) atoms. The van der Waals surface area contributed by atoms with Crippen molar-refractivity contribution < 1.29 is 17.7 Å². The van der Waals surface area contributed by atoms with Crippen LogP contribution < -0.4 is 0 Å². The highest BCUT2D eigenvalue weighted by atomic mass is 32.2. The Morgan fingerprint density at radius 1 is 1.32 bits per heavy atom. The molecule has 110 valence electrons. The van der Waals surface area contributed by atoms with E-state index in [1.54, 1.807) is 12.2 Å². The van der Waals surface area contributed by atoms with Gasteiger partial charge in [-0.15, -0.1) is 0 Å². The minimum Gasteiger partial charge on any atom is -0.497 e. The summed E-state index contributed by atoms with van der Waals surface area (Å²) in [6, 6.07) is 0. The highest BCUT2D eigenvalue weighted by Gasteiger charge is 2.56. The number of hydrogen-bond donors (Lipinski definition) is 1. The second-order valence-corrected chi connectivity index (χ2v) is 7.20. The zero-order chi connectivity index (χ0) is 14.9. The Hall–Kier alpha value is -0.810. The third-order valence-corrected chi connectivity index (χ3v) is 5.73. The second kappa shape index (κ2) is 5.29. The molecule has 1 unspecified atom stereocenters. The lowest BCUT2D eigenvalue weighted by molar-refractivity contribution is 0.122. The van der Waals surface area contributed by atoms with Crippen LogP contribution in [0, 0.1) is 5.41 Å². The van der Waals surface area contributed by atoms with E-state index in [0.717, 1.165) is 5.57 Å². The summed E-state index contributed by atoms with van der Waals surface area (Å²) in [5, 5.41) is 0. The quantitative estimate of drug-likeness (QED) is 0.788. The summed E-state index contributed by atoms with van der Waals surface area (Å²) in [6.45, 7) is 9.76. The van der Waals surface area contributed by atoms with Crippen LogP contribution in [0.15, 0.2) is 23.5 Å². The van der Waals surface area contributed by atoms with Gasteiger partial charge < -0.3 is 4.74 Å². The van der Waals surface area contributed by atoms with E-state index in [4.69, 9.17) is 4.74 Å². The van der Waals surface area contributed by atoms with Gasteiger partial charge in [-0.3, -0.25) is 4.55 Å². The third-order valence-electron chi connectivity index (χ3n) is 3.96. The summed E-state index contributed by atoms with van der Waals surface area (Å²) >= 11 is 0. The van der Waals surface area contributed by atoms with E-state index in [2.05, 4.69) is 0 Å². The predicted molar refractivity (Wildman–Crippen MR) is 76.4 cm³/mol. The maximum absolute atomic E-state index is 12.0. The van der Waals surface area contributed by atoms with Crippen molar-refractivity contribution in [3.05, 3.63) is 23.5 Å². The fraction of sp³-hybridized carbons (Fsp3) is 0.714. The van der Waals surface area contributed by atoms with Crippen LogP contribution in [0.5, 0.6) is 0 Å². The minimum absolute atomic E-state index is 0.360. The van der Waals surface area contributed by atoms with Crippen molar-refractivity contribution in [2.75, 3.05) is 6.61 Å². The molecule has 1 aliphatic carbocycles. The van der Waals surface area contributed by atoms with Crippen molar-refractivity contribution in [2.24, 2.45) is 5.41 Å². The molecular weight excluding hydrogens is 264 g/mol. The fourth-order valence-electron chi connectivity index (χ4n) is 2.97. The maximum Gasteiger partial charge on any atom is 0.275 e. The molecule has 1 rings (SSSR count). The topological polar surface area (TPSA) is 63.6 Å². The Morgan fingerprint density at radius 3 is 2.32 bits per heavy atom. The van der Waals surface area contributed by atoms with E-state index in [1.807, 2.05) is 34.6 Å². The van der Waals surface area contributed by atoms with Crippen molar-refractivity contribution in [1.29, 1.82) is 0 Å². The molecule has 0 radical (unpaired) electrons. The number of hydrogen-bond acceptors (Lipinski definition) is 3. The first-order chi connectivity index (χ1) is 8.64. The standard InChI is InChI=1S/C14H24O4S/c1-6-9-14(19(15,16)17)10-8-11(3)12(18-7-2)13(14,4)5/h8,10H,6-7,9H2,1-5H3,(H,15,16,17). The van der Waals surface area contributed by atoms with Crippen molar-refractivity contribution in [2.45, 2.75) is 52.2 Å². The van der Waals surface area contributed by atoms with Crippen LogP contribution >= 0.6 is 0 Å². The van der Waals surface area contributed by atoms with Gasteiger partial charge in [0.15, 0.2) is 0 Å². The van der Waals surface area contributed by atoms with Gasteiger partial charge >= 0.3 is 0 Å². The van der Waals surface area contributed by atoms with Crippen molar-refractivity contribution >= 4 is 10.1 Å². The first kappa shape index (κ1) is 16.2. The molecule has 0 fully saturated rings. The molecule has 1 atom stereocenters. The van der Waals surface area contributed by atoms with Crippen LogP contribution in [0.25, 0.3) is 0 Å². The van der Waals surface area contributed by atoms with Crippen LogP contribution in [0.1, 0.15) is 47.5 Å². The van der Waals surface area contributed by atoms with Gasteiger partial charge in [-0.2, -0.15) is 8.42 Å². The van der Waals surface area contributed by atoms with E-state index < -0.39 is 20.3 Å². The van der Waals surface area contributed by atoms with Gasteiger partial charge in [-0.25, -0.2) is 0 Å². The monoisotopic (exact) mass is 288 g/mol. The molecule has 1 N–H and O–H groups in total. The van der Waals surface area contributed by atoms with Gasteiger partial charge in [0.05, 0.1) is 6.61 Å². The van der Waals surface area contributed by atoms with Crippen molar-refractivity contribution in [3.63, 3.8) is 0 Å². The lowest BCUT2D eigenvalue weighted by atomic mass is 9.70. The Kier molecular flexibility index (Phi) is 4.52. The van der Waals surface area contributed by atoms with Crippen LogP contribution in [0.4, 0.5) is 0 Å². The van der Waals surface area contributed by atoms with Gasteiger partial charge in [0.25, 0.3) is 10.1 Å². The molecule has 0 aromatic carbocycles. The zero-order valence-corrected chi connectivity index (χ0v) is 13.2. The Bertz CT molecular complexity index is 500. The fourth-order valence-corrected chi connectivity index (χ4v) is 4.41. The van der Waals surface area contributed by atoms with E-state index in [9.17, 15) is 13.0 Å². The van der Waals surface area contributed by atoms with Crippen LogP contribution in [-0.4, -0.2) is 24.3 Å². The summed E-state index contributed by atoms with van der Waals surface area (Å²) in [7, 11) is -4.23. The molecule has 0 aliphatic heterocycles. The van der Waals surface area contributed by atoms with Gasteiger partial charge in [-0.1, -0.05) is 39.3 Å². The molecule has 0 saturated carbocycles. The van der Waals surface area contributed by atoms with Crippen molar-refractivity contribution in [1.82, 2.24) is 0 Å². The lowest BCUT2D eigenvalue weighted by Gasteiger charge is -2.45. The Morgan fingerprint density at radius 2 is 1.89 bits per heavy atom. The average molecular weight is 288 g/mol. The number of ether oxygens (including phenoxy) is 1. The summed E-state index contributed by atoms with van der Waals surface area (Å²) in [6.07, 6.45) is 4.37. The molecule has 0 heterocycles. The van der Waals surface area contributed by atoms with Crippen LogP contribution in [0.2, 0.25) is 0 Å². The molecular formula is C14H24O4S. The number of allylic oxidation sites excluding steroid dienone is 3. The number of rotatable bonds is 5. The molecule has 0 spiro atoms. The minimum atomic E-state index is -4.23. The summed E-state index contributed by atoms with van der Waals surface area (Å²) in [4.78, 5) is 0. The normalized spacial score (nSPS) is 26.6. The van der Waals surface area contributed by atoms with E-state index >= 15 is 0 Å². The highest BCUT2D eigenvalue weighted by molar-refractivity contribution is 7.87. The molecule has 0 aromatic heterocycles. The zero-order valence-electron chi connectivity index (χ0n) is 12.4. The average Bonchev–Trinajstić information content (AvgIpc) is 2.27. The molecule has 0 saturated heterocycles. The highest BCUT2D eigenvalue weighted by Crippen LogP contribution is 2.50. The Balaban J connectivity index is 3.50. The van der Waals surface area contributed by atoms with Crippen LogP contribution in [-0.2, 0) is 14.9 Å². The third kappa shape index (κ3) is 2.46. The summed E-state index contributed by atoms with van der Waals surface area (Å²) in [5.74, 6) is 0.642. The molecule has 0 aromatic rings. The Labute approximate surface area is 116 Å². The predicted octanol–water partition coefficient (Wildman–Crippen LogP) is 3.32. The smallest absolute Gasteiger partial charge is 0.275 e. The van der Waals surface area contributed by atoms with Crippen LogP contribution in [0.3, 0.4) is 0 Å². The van der Waals surface area contributed by atoms with E-state index in [-0.39, 0.29) is 0 Å². The molecule has 4 nitrogen and oxygen atoms in total. The molecule has 0 amide bonds. The molecule has 1 aliphatic rings. The second-order valence-electron chi connectivity index (χ2n) is 5.52. The summed E-state index contributed by atoms with van der Waals surface area (Å²) < 4.78 is 38.1. The maximum atomic E-state index is 12.0. The summed E-state index contributed by atoms with van der Waals surface area (Å²) in [5.41, 5.74) is 0.105. The molecule has 0 bridgehead atoms. The van der Waals surface area contributed by atoms with E-state index in [1.165, 1.54) is 0 Å². The van der Waals surface area contributed by atoms with Gasteiger partial charge in [0.2, 0.25) is 0 Å². The van der Waals surface area contributed by atoms with Gasteiger partial charge in [0, 0.05) is 5.41 Å². The SMILES string of the molecule is CCCC1(S(=O)(=O)O)C=CC(C)=C(OCC)C1(C)C. The van der Waals surface area contributed by atoms with Gasteiger partial charge in [0.1, 0.15) is 10.5 Å². The first-order valence-corrected chi connectivity index (χ1v) is 8.08.